The summed E-state index contributed by atoms with van der Waals surface area (Å²) in [6.07, 6.45) is 9.57. The second-order valence-electron chi connectivity index (χ2n) is 10.6. The summed E-state index contributed by atoms with van der Waals surface area (Å²) in [5.74, 6) is 0. The first-order valence-corrected chi connectivity index (χ1v) is 12.8. The smallest absolute Gasteiger partial charge is 0.264 e. The van der Waals surface area contributed by atoms with Gasteiger partial charge in [0.05, 0.1) is 18.5 Å². The maximum absolute atomic E-state index is 11.2. The molecule has 4 aliphatic rings. The predicted molar refractivity (Wildman–Crippen MR) is 112 cm³/mol. The Balaban J connectivity index is 0.000000167. The number of aliphatic hydroxyl groups excluding tert-OH is 1. The topological polar surface area (TPSA) is 70.1 Å². The fraction of sp³-hybridized carbons (Fsp3) is 1.00. The Kier molecular flexibility index (Phi) is 6.53. The molecule has 0 aromatic rings. The molecular weight excluding hydrogens is 376 g/mol. The lowest BCUT2D eigenvalue weighted by molar-refractivity contribution is -0.0204. The van der Waals surface area contributed by atoms with Crippen LogP contribution in [0.4, 0.5) is 0 Å². The van der Waals surface area contributed by atoms with Crippen LogP contribution in [0.2, 0.25) is 0 Å². The molecule has 0 amide bonds. The molecule has 4 heterocycles. The van der Waals surface area contributed by atoms with E-state index in [9.17, 15) is 13.5 Å². The number of hydrogen-bond donors (Lipinski definition) is 1. The lowest BCUT2D eigenvalue weighted by atomic mass is 9.85. The van der Waals surface area contributed by atoms with Gasteiger partial charge >= 0.3 is 0 Å². The highest BCUT2D eigenvalue weighted by atomic mass is 32.2. The molecule has 6 nitrogen and oxygen atoms in total. The number of fused-ring (bicyclic) bond motifs is 2. The third-order valence-electron chi connectivity index (χ3n) is 7.16. The van der Waals surface area contributed by atoms with Crippen molar-refractivity contribution in [1.29, 1.82) is 0 Å². The summed E-state index contributed by atoms with van der Waals surface area (Å²) in [5, 5.41) is 9.67. The van der Waals surface area contributed by atoms with E-state index in [0.717, 1.165) is 38.5 Å². The molecule has 4 atom stereocenters. The van der Waals surface area contributed by atoms with E-state index in [2.05, 4.69) is 37.5 Å². The van der Waals surface area contributed by atoms with Crippen LogP contribution >= 0.6 is 0 Å². The van der Waals surface area contributed by atoms with Gasteiger partial charge in [0.15, 0.2) is 0 Å². The molecule has 0 radical (unpaired) electrons. The van der Waals surface area contributed by atoms with Gasteiger partial charge in [-0.05, 0) is 92.2 Å². The molecule has 0 aromatic carbocycles. The molecule has 1 N–H and O–H groups in total. The van der Waals surface area contributed by atoms with E-state index in [-0.39, 0.29) is 23.3 Å². The summed E-state index contributed by atoms with van der Waals surface area (Å²) in [6, 6.07) is 1.18. The summed E-state index contributed by atoms with van der Waals surface area (Å²) < 4.78 is 27.5. The quantitative estimate of drug-likeness (QED) is 0.698. The fourth-order valence-electron chi connectivity index (χ4n) is 6.23. The highest BCUT2D eigenvalue weighted by molar-refractivity contribution is 7.86. The average molecular weight is 417 g/mol. The minimum Gasteiger partial charge on any atom is -0.393 e. The molecule has 0 aliphatic carbocycles. The molecule has 4 aliphatic heterocycles. The van der Waals surface area contributed by atoms with Crippen LogP contribution in [0.3, 0.4) is 0 Å². The van der Waals surface area contributed by atoms with Gasteiger partial charge in [0.1, 0.15) is 0 Å². The van der Waals surface area contributed by atoms with Crippen molar-refractivity contribution in [2.75, 3.05) is 19.3 Å². The molecule has 0 spiro atoms. The fourth-order valence-corrected chi connectivity index (χ4v) is 6.87. The third-order valence-corrected chi connectivity index (χ3v) is 7.78. The van der Waals surface area contributed by atoms with Crippen molar-refractivity contribution in [3.8, 4) is 0 Å². The molecule has 0 unspecified atom stereocenters. The lowest BCUT2D eigenvalue weighted by Crippen LogP contribution is -2.54. The van der Waals surface area contributed by atoms with Crippen molar-refractivity contribution in [3.05, 3.63) is 0 Å². The second-order valence-corrected chi connectivity index (χ2v) is 12.2. The van der Waals surface area contributed by atoms with Gasteiger partial charge < -0.3 is 5.11 Å². The van der Waals surface area contributed by atoms with E-state index < -0.39 is 10.1 Å². The monoisotopic (exact) mass is 416 g/mol. The summed E-state index contributed by atoms with van der Waals surface area (Å²) >= 11 is 0. The zero-order chi connectivity index (χ0) is 20.7. The van der Waals surface area contributed by atoms with Gasteiger partial charge in [-0.2, -0.15) is 8.42 Å². The van der Waals surface area contributed by atoms with Crippen molar-refractivity contribution < 1.29 is 17.7 Å². The Morgan fingerprint density at radius 1 is 0.893 bits per heavy atom. The Bertz CT molecular complexity index is 649. The summed E-state index contributed by atoms with van der Waals surface area (Å²) in [5.41, 5.74) is 0.299. The van der Waals surface area contributed by atoms with Crippen LogP contribution in [0.1, 0.15) is 79.1 Å². The van der Waals surface area contributed by atoms with E-state index in [1.807, 2.05) is 0 Å². The van der Waals surface area contributed by atoms with Gasteiger partial charge in [-0.25, -0.2) is 0 Å². The van der Waals surface area contributed by atoms with Gasteiger partial charge in [-0.1, -0.05) is 0 Å². The van der Waals surface area contributed by atoms with Gasteiger partial charge in [0.2, 0.25) is 0 Å². The standard InChI is InChI=1S/C11H21NO3S.C10H19NO/c1-11(2)8-10(15-16(3,13)14)7-9-5-4-6-12(9)11;1-10(2)7-9(12)6-8-4-3-5-11(8)10/h9-10H,4-8H2,1-3H3;8-9,12H,3-7H2,1-2H3/t9-,10-;8-,9-/m00/s1. The Morgan fingerprint density at radius 3 is 1.93 bits per heavy atom. The first-order valence-electron chi connectivity index (χ1n) is 11.0. The van der Waals surface area contributed by atoms with Crippen LogP contribution < -0.4 is 0 Å². The summed E-state index contributed by atoms with van der Waals surface area (Å²) in [4.78, 5) is 5.09. The Morgan fingerprint density at radius 2 is 1.39 bits per heavy atom. The van der Waals surface area contributed by atoms with Crippen LogP contribution in [0.15, 0.2) is 0 Å². The van der Waals surface area contributed by atoms with Crippen LogP contribution in [-0.2, 0) is 14.3 Å². The molecule has 164 valence electrons. The molecule has 4 rings (SSSR count). The molecule has 0 bridgehead atoms. The number of piperidine rings is 2. The zero-order valence-corrected chi connectivity index (χ0v) is 19.2. The van der Waals surface area contributed by atoms with E-state index >= 15 is 0 Å². The number of aliphatic hydroxyl groups is 1. The molecular formula is C21H40N2O4S. The SMILES string of the molecule is CC1(C)C[C@@H](O)C[C@@H]2CCCN21.CC1(C)C[C@@H](OS(C)(=O)=O)C[C@@H]2CCCN21. The van der Waals surface area contributed by atoms with Crippen molar-refractivity contribution in [1.82, 2.24) is 9.80 Å². The van der Waals surface area contributed by atoms with Gasteiger partial charge in [0.25, 0.3) is 10.1 Å². The molecule has 7 heteroatoms. The van der Waals surface area contributed by atoms with Crippen LogP contribution in [0, 0.1) is 0 Å². The normalized spacial score (nSPS) is 37.6. The number of hydrogen-bond acceptors (Lipinski definition) is 6. The molecule has 4 saturated heterocycles. The highest BCUT2D eigenvalue weighted by Gasteiger charge is 2.44. The molecule has 28 heavy (non-hydrogen) atoms. The highest BCUT2D eigenvalue weighted by Crippen LogP contribution is 2.39. The Labute approximate surface area is 171 Å². The van der Waals surface area contributed by atoms with Crippen LogP contribution in [0.5, 0.6) is 0 Å². The van der Waals surface area contributed by atoms with Crippen molar-refractivity contribution in [2.45, 2.75) is 114 Å². The lowest BCUT2D eigenvalue weighted by Gasteiger charge is -2.47. The second kappa shape index (κ2) is 8.14. The molecule has 4 fully saturated rings. The number of nitrogens with zero attached hydrogens (tertiary/aromatic N) is 2. The maximum atomic E-state index is 11.2. The van der Waals surface area contributed by atoms with Crippen LogP contribution in [0.25, 0.3) is 0 Å². The van der Waals surface area contributed by atoms with E-state index in [4.69, 9.17) is 4.18 Å². The van der Waals surface area contributed by atoms with Crippen LogP contribution in [-0.4, -0.2) is 78.0 Å². The average Bonchev–Trinajstić information content (AvgIpc) is 3.13. The Hall–Kier alpha value is -0.210. The van der Waals surface area contributed by atoms with E-state index in [1.54, 1.807) is 0 Å². The largest absolute Gasteiger partial charge is 0.393 e. The number of rotatable bonds is 2. The zero-order valence-electron chi connectivity index (χ0n) is 18.4. The molecule has 0 saturated carbocycles. The van der Waals surface area contributed by atoms with Crippen molar-refractivity contribution in [2.24, 2.45) is 0 Å². The van der Waals surface area contributed by atoms with Gasteiger partial charge in [-0.3, -0.25) is 14.0 Å². The van der Waals surface area contributed by atoms with E-state index in [0.29, 0.717) is 12.1 Å². The van der Waals surface area contributed by atoms with Crippen molar-refractivity contribution in [3.63, 3.8) is 0 Å². The predicted octanol–water partition coefficient (Wildman–Crippen LogP) is 2.75. The first-order chi connectivity index (χ1) is 12.9. The summed E-state index contributed by atoms with van der Waals surface area (Å²) in [7, 11) is -3.32. The first kappa shape index (κ1) is 22.5. The van der Waals surface area contributed by atoms with Crippen molar-refractivity contribution >= 4 is 10.1 Å². The minimum atomic E-state index is -3.32. The molecule has 0 aromatic heterocycles. The third kappa shape index (κ3) is 5.28. The maximum Gasteiger partial charge on any atom is 0.264 e. The minimum absolute atomic E-state index is 0.0562. The van der Waals surface area contributed by atoms with E-state index in [1.165, 1.54) is 32.2 Å². The van der Waals surface area contributed by atoms with Gasteiger partial charge in [0, 0.05) is 23.2 Å². The summed E-state index contributed by atoms with van der Waals surface area (Å²) in [6.45, 7) is 11.3. The van der Waals surface area contributed by atoms with Gasteiger partial charge in [-0.15, -0.1) is 0 Å².